The molecule has 6 rings (SSSR count). The lowest BCUT2D eigenvalue weighted by Gasteiger charge is -2.32. The maximum Gasteiger partial charge on any atom is 0.251 e. The SMILES string of the molecule is CCCCc1ccc(-c2ccc(C(=O)N[C@@H](CCCN)C(=O)N(C)[C@@H]3C(=O)N[C@@H](C)C(=O)N[C@H](C(=O)NCc4nnn[nH]4)Cc4ccc(OCCN)c(c4)-c4cc3ccc4OCCN)cc2)cc1. The number of aromatic amines is 1. The number of hydrogen-bond acceptors (Lipinski definition) is 13. The van der Waals surface area contributed by atoms with Crippen molar-refractivity contribution in [2.24, 2.45) is 17.2 Å². The third-order valence-corrected chi connectivity index (χ3v) is 11.6. The smallest absolute Gasteiger partial charge is 0.251 e. The number of carbonyl (C=O) groups is 5. The minimum absolute atomic E-state index is 0.0304. The van der Waals surface area contributed by atoms with E-state index in [1.54, 1.807) is 48.5 Å². The summed E-state index contributed by atoms with van der Waals surface area (Å²) < 4.78 is 12.3. The number of carbonyl (C=O) groups excluding carboxylic acids is 5. The number of fused-ring (bicyclic) bond motifs is 5. The van der Waals surface area contributed by atoms with E-state index in [4.69, 9.17) is 26.7 Å². The third-order valence-electron chi connectivity index (χ3n) is 11.6. The molecule has 19 nitrogen and oxygen atoms in total. The van der Waals surface area contributed by atoms with Crippen molar-refractivity contribution in [3.63, 3.8) is 0 Å². The molecule has 11 N–H and O–H groups in total. The Morgan fingerprint density at radius 1 is 0.824 bits per heavy atom. The lowest BCUT2D eigenvalue weighted by Crippen LogP contribution is -2.55. The van der Waals surface area contributed by atoms with Crippen LogP contribution < -0.4 is 47.9 Å². The van der Waals surface area contributed by atoms with Crippen LogP contribution in [0.4, 0.5) is 0 Å². The Kier molecular flexibility index (Phi) is 18.1. The molecule has 1 aromatic heterocycles. The molecule has 2 heterocycles. The van der Waals surface area contributed by atoms with Crippen molar-refractivity contribution >= 4 is 29.5 Å². The van der Waals surface area contributed by atoms with Crippen LogP contribution in [0.15, 0.2) is 84.9 Å². The highest BCUT2D eigenvalue weighted by Gasteiger charge is 2.36. The van der Waals surface area contributed by atoms with Gasteiger partial charge in [-0.1, -0.05) is 61.9 Å². The summed E-state index contributed by atoms with van der Waals surface area (Å²) in [5.41, 5.74) is 23.2. The highest BCUT2D eigenvalue weighted by Crippen LogP contribution is 2.40. The Balaban J connectivity index is 1.35. The number of ether oxygens (including phenoxy) is 2. The molecule has 4 aromatic carbocycles. The molecule has 360 valence electrons. The van der Waals surface area contributed by atoms with Crippen LogP contribution in [0.5, 0.6) is 11.5 Å². The summed E-state index contributed by atoms with van der Waals surface area (Å²) in [6.07, 6.45) is 3.84. The second-order valence-corrected chi connectivity index (χ2v) is 16.6. The van der Waals surface area contributed by atoms with Crippen molar-refractivity contribution < 1.29 is 33.4 Å². The summed E-state index contributed by atoms with van der Waals surface area (Å²) in [7, 11) is 1.46. The predicted octanol–water partition coefficient (Wildman–Crippen LogP) is 2.45. The van der Waals surface area contributed by atoms with Crippen LogP contribution in [-0.2, 0) is 38.6 Å². The molecule has 0 saturated carbocycles. The van der Waals surface area contributed by atoms with Gasteiger partial charge in [-0.05, 0) is 114 Å². The van der Waals surface area contributed by atoms with Gasteiger partial charge in [0.2, 0.25) is 23.6 Å². The van der Waals surface area contributed by atoms with Crippen molar-refractivity contribution in [2.45, 2.75) is 83.1 Å². The van der Waals surface area contributed by atoms with Gasteiger partial charge in [0.25, 0.3) is 5.91 Å². The fourth-order valence-corrected chi connectivity index (χ4v) is 7.88. The van der Waals surface area contributed by atoms with Gasteiger partial charge >= 0.3 is 0 Å². The molecule has 4 bridgehead atoms. The molecule has 5 amide bonds. The second-order valence-electron chi connectivity index (χ2n) is 16.6. The highest BCUT2D eigenvalue weighted by molar-refractivity contribution is 5.99. The zero-order chi connectivity index (χ0) is 48.6. The lowest BCUT2D eigenvalue weighted by molar-refractivity contribution is -0.141. The molecule has 4 atom stereocenters. The molecular formula is C49H62N12O7. The number of nitrogens with one attached hydrogen (secondary N) is 5. The summed E-state index contributed by atoms with van der Waals surface area (Å²) >= 11 is 0. The van der Waals surface area contributed by atoms with Crippen LogP contribution >= 0.6 is 0 Å². The Bertz CT molecular complexity index is 2480. The van der Waals surface area contributed by atoms with E-state index in [1.165, 1.54) is 24.4 Å². The highest BCUT2D eigenvalue weighted by atomic mass is 16.5. The van der Waals surface area contributed by atoms with E-state index >= 15 is 0 Å². The first-order valence-electron chi connectivity index (χ1n) is 23.0. The largest absolute Gasteiger partial charge is 0.492 e. The normalized spacial score (nSPS) is 16.4. The number of nitrogens with two attached hydrogens (primary N) is 3. The predicted molar refractivity (Wildman–Crippen MR) is 256 cm³/mol. The Morgan fingerprint density at radius 3 is 2.12 bits per heavy atom. The summed E-state index contributed by atoms with van der Waals surface area (Å²) in [6.45, 7) is 4.55. The van der Waals surface area contributed by atoms with Crippen molar-refractivity contribution in [2.75, 3.05) is 39.9 Å². The van der Waals surface area contributed by atoms with Gasteiger partial charge in [0.1, 0.15) is 48.9 Å². The van der Waals surface area contributed by atoms with Gasteiger partial charge < -0.3 is 52.8 Å². The standard InChI is InChI=1S/C49H62N12O7/c1-4-5-7-31-9-12-33(13-10-31)34-14-16-35(17-15-34)46(63)55-39(8-6-21-50)49(66)61(3)44-36-18-20-42(68-25-23-52)38(28-36)37-26-32(11-19-41(37)67-24-22-51)27-40(56-45(62)30(2)54-48(44)65)47(64)53-29-43-57-59-60-58-43/h9-20,26,28,30,39-40,44H,4-8,21-25,27,29,50-52H2,1-3H3,(H,53,64)(H,54,65)(H,55,63)(H,56,62)(H,57,58,59,60)/t30-,39-,40-,44-/m0/s1. The van der Waals surface area contributed by atoms with Crippen LogP contribution in [-0.4, -0.2) is 113 Å². The molecule has 0 saturated heterocycles. The third kappa shape index (κ3) is 13.0. The van der Waals surface area contributed by atoms with E-state index in [9.17, 15) is 24.0 Å². The van der Waals surface area contributed by atoms with E-state index in [1.807, 2.05) is 12.1 Å². The fraction of sp³-hybridized carbons (Fsp3) is 0.388. The van der Waals surface area contributed by atoms with E-state index in [-0.39, 0.29) is 52.2 Å². The molecule has 19 heteroatoms. The molecule has 0 spiro atoms. The molecular weight excluding hydrogens is 869 g/mol. The van der Waals surface area contributed by atoms with Gasteiger partial charge in [-0.15, -0.1) is 5.10 Å². The molecule has 5 aromatic rings. The maximum absolute atomic E-state index is 14.8. The number of H-pyrrole nitrogens is 1. The number of rotatable bonds is 20. The number of benzene rings is 4. The molecule has 68 heavy (non-hydrogen) atoms. The van der Waals surface area contributed by atoms with Crippen molar-refractivity contribution in [1.82, 2.24) is 46.8 Å². The van der Waals surface area contributed by atoms with E-state index in [0.29, 0.717) is 51.6 Å². The van der Waals surface area contributed by atoms with Crippen molar-refractivity contribution in [1.29, 1.82) is 0 Å². The van der Waals surface area contributed by atoms with E-state index in [2.05, 4.69) is 73.1 Å². The quantitative estimate of drug-likeness (QED) is 0.0558. The second kappa shape index (κ2) is 24.5. The molecule has 0 unspecified atom stereocenters. The Labute approximate surface area is 395 Å². The van der Waals surface area contributed by atoms with Crippen LogP contribution in [0, 0.1) is 0 Å². The first kappa shape index (κ1) is 50.2. The first-order chi connectivity index (χ1) is 32.9. The lowest BCUT2D eigenvalue weighted by atomic mass is 9.93. The van der Waals surface area contributed by atoms with Gasteiger partial charge in [0.05, 0.1) is 6.54 Å². The number of aryl methyl sites for hydroxylation is 1. The zero-order valence-corrected chi connectivity index (χ0v) is 38.8. The number of nitrogens with zero attached hydrogens (tertiary/aromatic N) is 4. The number of likely N-dealkylation sites (N-methyl/N-ethyl adjacent to an activating group) is 1. The maximum atomic E-state index is 14.8. The van der Waals surface area contributed by atoms with Crippen molar-refractivity contribution in [3.05, 3.63) is 113 Å². The average Bonchev–Trinajstić information content (AvgIpc) is 3.88. The topological polar surface area (TPSA) is 288 Å². The molecule has 0 fully saturated rings. The fourth-order valence-electron chi connectivity index (χ4n) is 7.88. The van der Waals surface area contributed by atoms with Crippen LogP contribution in [0.3, 0.4) is 0 Å². The summed E-state index contributed by atoms with van der Waals surface area (Å²) in [4.78, 5) is 72.3. The number of unbranched alkanes of at least 4 members (excludes halogenated alkanes) is 1. The van der Waals surface area contributed by atoms with Gasteiger partial charge in [-0.2, -0.15) is 0 Å². The van der Waals surface area contributed by atoms with Crippen LogP contribution in [0.2, 0.25) is 0 Å². The minimum Gasteiger partial charge on any atom is -0.492 e. The Morgan fingerprint density at radius 2 is 1.49 bits per heavy atom. The summed E-state index contributed by atoms with van der Waals surface area (Å²) in [5, 5.41) is 24.7. The average molecular weight is 931 g/mol. The monoisotopic (exact) mass is 930 g/mol. The van der Waals surface area contributed by atoms with Gasteiger partial charge in [0.15, 0.2) is 5.82 Å². The molecule has 0 aliphatic carbocycles. The number of amides is 5. The van der Waals surface area contributed by atoms with Gasteiger partial charge in [-0.3, -0.25) is 24.0 Å². The first-order valence-corrected chi connectivity index (χ1v) is 23.0. The van der Waals surface area contributed by atoms with E-state index < -0.39 is 53.7 Å². The zero-order valence-electron chi connectivity index (χ0n) is 38.8. The molecule has 1 aliphatic rings. The van der Waals surface area contributed by atoms with Crippen LogP contribution in [0.1, 0.15) is 78.4 Å². The number of tetrazole rings is 1. The van der Waals surface area contributed by atoms with Crippen molar-refractivity contribution in [3.8, 4) is 33.8 Å². The van der Waals surface area contributed by atoms with E-state index in [0.717, 1.165) is 30.4 Å². The molecule has 1 aliphatic heterocycles. The van der Waals surface area contributed by atoms with Gasteiger partial charge in [-0.25, -0.2) is 5.10 Å². The Hall–Kier alpha value is -7.22. The minimum atomic E-state index is -1.36. The van der Waals surface area contributed by atoms with Gasteiger partial charge in [0, 0.05) is 43.2 Å². The summed E-state index contributed by atoms with van der Waals surface area (Å²) in [5.74, 6) is -1.88. The molecule has 0 radical (unpaired) electrons. The summed E-state index contributed by atoms with van der Waals surface area (Å²) in [6, 6.07) is 21.1. The number of aromatic nitrogens is 4. The van der Waals surface area contributed by atoms with Crippen LogP contribution in [0.25, 0.3) is 22.3 Å². The number of hydrogen-bond donors (Lipinski definition) is 8.